The van der Waals surface area contributed by atoms with Gasteiger partial charge in [-0.15, -0.1) is 0 Å². The minimum Gasteiger partial charge on any atom is -0.335 e. The second-order valence-electron chi connectivity index (χ2n) is 11.9. The Labute approximate surface area is 227 Å². The first kappa shape index (κ1) is 26.4. The summed E-state index contributed by atoms with van der Waals surface area (Å²) >= 11 is 0. The van der Waals surface area contributed by atoms with Crippen molar-refractivity contribution in [3.63, 3.8) is 0 Å². The standard InChI is InChI=1S/C31H36F3N3O2/c1-20(38)37-19-31(25-18-22(32)6-9-28(25)37)12-16-35(17-13-31)14-11-27-23-7-8-26(33)29(34)24(23)10-15-36(27)30(39)21-4-2-3-5-21/h6-9,18,21,27H,2-5,10-17,19H2,1H3. The third kappa shape index (κ3) is 4.64. The maximum Gasteiger partial charge on any atom is 0.226 e. The van der Waals surface area contributed by atoms with E-state index in [0.717, 1.165) is 75.0 Å². The van der Waals surface area contributed by atoms with Gasteiger partial charge in [0, 0.05) is 43.6 Å². The van der Waals surface area contributed by atoms with E-state index >= 15 is 0 Å². The third-order valence-electron chi connectivity index (χ3n) is 9.75. The van der Waals surface area contributed by atoms with Crippen molar-refractivity contribution in [1.29, 1.82) is 0 Å². The molecule has 0 bridgehead atoms. The molecule has 5 nitrogen and oxygen atoms in total. The van der Waals surface area contributed by atoms with E-state index in [1.165, 1.54) is 12.1 Å². The lowest BCUT2D eigenvalue weighted by atomic mass is 9.74. The van der Waals surface area contributed by atoms with E-state index in [-0.39, 0.29) is 35.0 Å². The molecule has 2 amide bonds. The van der Waals surface area contributed by atoms with Gasteiger partial charge in [0.1, 0.15) is 5.82 Å². The summed E-state index contributed by atoms with van der Waals surface area (Å²) in [7, 11) is 0. The van der Waals surface area contributed by atoms with Gasteiger partial charge < -0.3 is 14.7 Å². The van der Waals surface area contributed by atoms with Crippen molar-refractivity contribution in [2.45, 2.75) is 69.7 Å². The minimum atomic E-state index is -0.836. The molecule has 1 aliphatic carbocycles. The van der Waals surface area contributed by atoms with Gasteiger partial charge in [-0.05, 0) is 92.6 Å². The average Bonchev–Trinajstić information content (AvgIpc) is 3.57. The average molecular weight is 540 g/mol. The molecular formula is C31H36F3N3O2. The number of anilines is 1. The van der Waals surface area contributed by atoms with Crippen LogP contribution in [0, 0.1) is 23.4 Å². The predicted molar refractivity (Wildman–Crippen MR) is 143 cm³/mol. The molecule has 1 saturated carbocycles. The Bertz CT molecular complexity index is 1280. The van der Waals surface area contributed by atoms with Crippen molar-refractivity contribution in [2.75, 3.05) is 37.6 Å². The number of nitrogens with zero attached hydrogens (tertiary/aromatic N) is 3. The number of hydrogen-bond acceptors (Lipinski definition) is 3. The lowest BCUT2D eigenvalue weighted by molar-refractivity contribution is -0.138. The van der Waals surface area contributed by atoms with Crippen LogP contribution in [-0.2, 0) is 21.4 Å². The van der Waals surface area contributed by atoms with E-state index in [0.29, 0.717) is 31.5 Å². The van der Waals surface area contributed by atoms with E-state index in [2.05, 4.69) is 4.90 Å². The summed E-state index contributed by atoms with van der Waals surface area (Å²) in [5, 5.41) is 0. The molecule has 2 fully saturated rings. The molecule has 0 radical (unpaired) electrons. The van der Waals surface area contributed by atoms with Crippen LogP contribution in [-0.4, -0.2) is 54.3 Å². The number of carbonyl (C=O) groups excluding carboxylic acids is 2. The maximum absolute atomic E-state index is 14.7. The quantitative estimate of drug-likeness (QED) is 0.515. The van der Waals surface area contributed by atoms with Crippen LogP contribution in [0.2, 0.25) is 0 Å². The molecule has 2 aromatic rings. The zero-order valence-corrected chi connectivity index (χ0v) is 22.5. The van der Waals surface area contributed by atoms with Crippen molar-refractivity contribution < 1.29 is 22.8 Å². The van der Waals surface area contributed by atoms with Crippen LogP contribution in [0.3, 0.4) is 0 Å². The van der Waals surface area contributed by atoms with Crippen LogP contribution in [0.4, 0.5) is 18.9 Å². The van der Waals surface area contributed by atoms with Crippen molar-refractivity contribution in [1.82, 2.24) is 9.80 Å². The van der Waals surface area contributed by atoms with E-state index < -0.39 is 11.6 Å². The lowest BCUT2D eigenvalue weighted by Gasteiger charge is -2.42. The smallest absolute Gasteiger partial charge is 0.226 e. The van der Waals surface area contributed by atoms with Crippen LogP contribution in [0.25, 0.3) is 0 Å². The Hall–Kier alpha value is -2.87. The number of fused-ring (bicyclic) bond motifs is 3. The zero-order valence-electron chi connectivity index (χ0n) is 22.5. The molecule has 3 heterocycles. The lowest BCUT2D eigenvalue weighted by Crippen LogP contribution is -2.47. The highest BCUT2D eigenvalue weighted by Gasteiger charge is 2.46. The first-order chi connectivity index (χ1) is 18.8. The first-order valence-electron chi connectivity index (χ1n) is 14.4. The largest absolute Gasteiger partial charge is 0.335 e. The maximum atomic E-state index is 14.7. The number of benzene rings is 2. The highest BCUT2D eigenvalue weighted by atomic mass is 19.2. The molecule has 8 heteroatoms. The molecule has 1 spiro atoms. The van der Waals surface area contributed by atoms with E-state index in [9.17, 15) is 22.8 Å². The molecular weight excluding hydrogens is 503 g/mol. The van der Waals surface area contributed by atoms with Crippen molar-refractivity contribution >= 4 is 17.5 Å². The van der Waals surface area contributed by atoms with Crippen LogP contribution in [0.15, 0.2) is 30.3 Å². The predicted octanol–water partition coefficient (Wildman–Crippen LogP) is 5.51. The van der Waals surface area contributed by atoms with E-state index in [1.807, 2.05) is 4.90 Å². The van der Waals surface area contributed by atoms with Crippen LogP contribution >= 0.6 is 0 Å². The van der Waals surface area contributed by atoms with Gasteiger partial charge in [0.05, 0.1) is 6.04 Å². The fraction of sp³-hybridized carbons (Fsp3) is 0.548. The normalized spacial score (nSPS) is 22.8. The van der Waals surface area contributed by atoms with Crippen LogP contribution < -0.4 is 4.90 Å². The molecule has 1 saturated heterocycles. The molecule has 39 heavy (non-hydrogen) atoms. The monoisotopic (exact) mass is 539 g/mol. The first-order valence-corrected chi connectivity index (χ1v) is 14.4. The molecule has 1 unspecified atom stereocenters. The van der Waals surface area contributed by atoms with Gasteiger partial charge >= 0.3 is 0 Å². The summed E-state index contributed by atoms with van der Waals surface area (Å²) in [6.07, 6.45) is 6.53. The van der Waals surface area contributed by atoms with Crippen molar-refractivity contribution in [3.05, 3.63) is 64.5 Å². The van der Waals surface area contributed by atoms with Crippen molar-refractivity contribution in [3.8, 4) is 0 Å². The number of hydrogen-bond donors (Lipinski definition) is 0. The number of halogens is 3. The highest BCUT2D eigenvalue weighted by Crippen LogP contribution is 2.47. The number of carbonyl (C=O) groups is 2. The van der Waals surface area contributed by atoms with Crippen LogP contribution in [0.5, 0.6) is 0 Å². The summed E-state index contributed by atoms with van der Waals surface area (Å²) in [5.74, 6) is -1.76. The van der Waals surface area contributed by atoms with Gasteiger partial charge in [0.2, 0.25) is 11.8 Å². The molecule has 4 aliphatic rings. The second-order valence-corrected chi connectivity index (χ2v) is 11.9. The molecule has 0 N–H and O–H groups in total. The van der Waals surface area contributed by atoms with Crippen LogP contribution in [0.1, 0.15) is 74.6 Å². The molecule has 208 valence electrons. The number of rotatable bonds is 4. The number of amides is 2. The van der Waals surface area contributed by atoms with E-state index in [4.69, 9.17) is 0 Å². The fourth-order valence-corrected chi connectivity index (χ4v) is 7.57. The molecule has 1 atom stereocenters. The Morgan fingerprint density at radius 1 is 1.00 bits per heavy atom. The molecule has 0 aromatic heterocycles. The topological polar surface area (TPSA) is 43.9 Å². The van der Waals surface area contributed by atoms with E-state index in [1.54, 1.807) is 30.0 Å². The Kier molecular flexibility index (Phi) is 6.94. The minimum absolute atomic E-state index is 0.0289. The number of likely N-dealkylation sites (tertiary alicyclic amines) is 1. The van der Waals surface area contributed by atoms with Gasteiger partial charge in [-0.25, -0.2) is 13.2 Å². The number of piperidine rings is 1. The van der Waals surface area contributed by atoms with Gasteiger partial charge in [-0.2, -0.15) is 0 Å². The summed E-state index contributed by atoms with van der Waals surface area (Å²) in [6.45, 7) is 4.83. The summed E-state index contributed by atoms with van der Waals surface area (Å²) < 4.78 is 43.0. The molecule has 6 rings (SSSR count). The van der Waals surface area contributed by atoms with Gasteiger partial charge in [0.15, 0.2) is 11.6 Å². The zero-order chi connectivity index (χ0) is 27.3. The summed E-state index contributed by atoms with van der Waals surface area (Å²) in [5.41, 5.74) is 2.61. The van der Waals surface area contributed by atoms with Gasteiger partial charge in [-0.1, -0.05) is 18.9 Å². The fourth-order valence-electron chi connectivity index (χ4n) is 7.57. The Morgan fingerprint density at radius 3 is 2.46 bits per heavy atom. The summed E-state index contributed by atoms with van der Waals surface area (Å²) in [6, 6.07) is 7.30. The van der Waals surface area contributed by atoms with Crippen molar-refractivity contribution in [2.24, 2.45) is 5.92 Å². The molecule has 3 aliphatic heterocycles. The SMILES string of the molecule is CC(=O)N1CC2(CCN(CCC3c4ccc(F)c(F)c4CCN3C(=O)C3CCCC3)CC2)c2cc(F)ccc21. The second kappa shape index (κ2) is 10.3. The Balaban J connectivity index is 1.18. The summed E-state index contributed by atoms with van der Waals surface area (Å²) in [4.78, 5) is 31.9. The molecule has 2 aromatic carbocycles. The Morgan fingerprint density at radius 2 is 1.74 bits per heavy atom. The third-order valence-corrected chi connectivity index (χ3v) is 9.75. The van der Waals surface area contributed by atoms with Gasteiger partial charge in [0.25, 0.3) is 0 Å². The van der Waals surface area contributed by atoms with Gasteiger partial charge in [-0.3, -0.25) is 9.59 Å². The highest BCUT2D eigenvalue weighted by molar-refractivity contribution is 5.94.